The van der Waals surface area contributed by atoms with Crippen molar-refractivity contribution in [2.75, 3.05) is 12.4 Å². The van der Waals surface area contributed by atoms with Gasteiger partial charge in [-0.2, -0.15) is 0 Å². The van der Waals surface area contributed by atoms with E-state index in [1.807, 2.05) is 31.2 Å². The number of carbonyl (C=O) groups is 1. The van der Waals surface area contributed by atoms with Gasteiger partial charge in [-0.25, -0.2) is 9.97 Å². The summed E-state index contributed by atoms with van der Waals surface area (Å²) < 4.78 is 5.46. The number of methoxy groups -OCH3 is 1. The lowest BCUT2D eigenvalue weighted by atomic mass is 9.99. The van der Waals surface area contributed by atoms with Crippen molar-refractivity contribution in [1.82, 2.24) is 15.3 Å². The molecule has 8 heteroatoms. The number of carbonyl (C=O) groups excluding carboxylic acids is 1. The van der Waals surface area contributed by atoms with Crippen molar-refractivity contribution in [1.29, 1.82) is 0 Å². The molecule has 1 fully saturated rings. The normalized spacial score (nSPS) is 17.7. The predicted molar refractivity (Wildman–Crippen MR) is 134 cm³/mol. The Balaban J connectivity index is 1.63. The summed E-state index contributed by atoms with van der Waals surface area (Å²) in [6.07, 6.45) is 6.72. The summed E-state index contributed by atoms with van der Waals surface area (Å²) in [6.45, 7) is 5.56. The van der Waals surface area contributed by atoms with Crippen molar-refractivity contribution >= 4 is 46.0 Å². The summed E-state index contributed by atoms with van der Waals surface area (Å²) in [5, 5.41) is 8.33. The highest BCUT2D eigenvalue weighted by Crippen LogP contribution is 2.43. The van der Waals surface area contributed by atoms with Crippen LogP contribution in [0.1, 0.15) is 31.7 Å². The Morgan fingerprint density at radius 2 is 2.03 bits per heavy atom. The topological polar surface area (TPSA) is 76.1 Å². The van der Waals surface area contributed by atoms with Crippen LogP contribution in [0.25, 0.3) is 22.0 Å². The van der Waals surface area contributed by atoms with Crippen LogP contribution in [0.5, 0.6) is 5.75 Å². The fourth-order valence-electron chi connectivity index (χ4n) is 4.30. The Bertz CT molecular complexity index is 1190. The van der Waals surface area contributed by atoms with Gasteiger partial charge in [0.15, 0.2) is 0 Å². The molecule has 0 unspecified atom stereocenters. The molecule has 1 amide bonds. The number of ether oxygens (including phenoxy) is 1. The molecule has 0 bridgehead atoms. The van der Waals surface area contributed by atoms with Crippen LogP contribution in [-0.4, -0.2) is 35.1 Å². The summed E-state index contributed by atoms with van der Waals surface area (Å²) in [7, 11) is 1.60. The number of fused-ring (bicyclic) bond motifs is 1. The van der Waals surface area contributed by atoms with Crippen molar-refractivity contribution in [2.24, 2.45) is 0 Å². The van der Waals surface area contributed by atoms with Crippen LogP contribution in [0, 0.1) is 0 Å². The van der Waals surface area contributed by atoms with Gasteiger partial charge in [0.2, 0.25) is 11.9 Å². The first-order chi connectivity index (χ1) is 15.9. The number of halogens is 2. The van der Waals surface area contributed by atoms with Crippen LogP contribution < -0.4 is 15.4 Å². The first kappa shape index (κ1) is 23.3. The highest BCUT2D eigenvalue weighted by molar-refractivity contribution is 6.40. The smallest absolute Gasteiger partial charge is 0.243 e. The Labute approximate surface area is 203 Å². The van der Waals surface area contributed by atoms with E-state index < -0.39 is 0 Å². The molecule has 0 radical (unpaired) electrons. The summed E-state index contributed by atoms with van der Waals surface area (Å²) in [5.41, 5.74) is 3.38. The zero-order chi connectivity index (χ0) is 23.5. The molecule has 33 heavy (non-hydrogen) atoms. The van der Waals surface area contributed by atoms with Gasteiger partial charge in [0, 0.05) is 29.2 Å². The van der Waals surface area contributed by atoms with Gasteiger partial charge in [-0.1, -0.05) is 42.8 Å². The number of anilines is 1. The van der Waals surface area contributed by atoms with Gasteiger partial charge in [0.25, 0.3) is 0 Å². The van der Waals surface area contributed by atoms with Gasteiger partial charge in [0.05, 0.1) is 22.7 Å². The third-order valence-electron chi connectivity index (χ3n) is 6.06. The number of amides is 1. The summed E-state index contributed by atoms with van der Waals surface area (Å²) in [5.74, 6) is 0.964. The molecule has 2 aromatic carbocycles. The molecule has 3 aromatic rings. The Hall–Kier alpha value is -2.83. The van der Waals surface area contributed by atoms with Crippen molar-refractivity contribution in [2.45, 2.75) is 44.7 Å². The van der Waals surface area contributed by atoms with Crippen LogP contribution in [-0.2, 0) is 11.2 Å². The Morgan fingerprint density at radius 1 is 1.24 bits per heavy atom. The number of hydrogen-bond donors (Lipinski definition) is 2. The third-order valence-corrected chi connectivity index (χ3v) is 6.86. The molecule has 2 atom stereocenters. The number of hydrogen-bond acceptors (Lipinski definition) is 5. The standard InChI is InChI=1S/C25H26Cl2N4O2/c1-4-14-12-20(33-3)24(27)22(23(14)26)15-9-10-17-16(11-15)13-28-25(30-17)31-19-8-6-7-18(19)29-21(32)5-2/h5,9-13,18-19H,2,4,6-8H2,1,3H3,(H,29,32)(H,28,30,31)/t18-,19+/m0/s1. The highest BCUT2D eigenvalue weighted by atomic mass is 35.5. The number of nitrogens with zero attached hydrogens (tertiary/aromatic N) is 2. The molecule has 1 heterocycles. The van der Waals surface area contributed by atoms with Gasteiger partial charge < -0.3 is 15.4 Å². The second-order valence-corrected chi connectivity index (χ2v) is 8.82. The van der Waals surface area contributed by atoms with Crippen molar-refractivity contribution in [3.05, 3.63) is 58.7 Å². The highest BCUT2D eigenvalue weighted by Gasteiger charge is 2.28. The molecule has 1 aliphatic carbocycles. The maximum absolute atomic E-state index is 11.7. The Morgan fingerprint density at radius 3 is 2.76 bits per heavy atom. The number of aryl methyl sites for hydroxylation is 1. The summed E-state index contributed by atoms with van der Waals surface area (Å²) >= 11 is 13.3. The minimum Gasteiger partial charge on any atom is -0.495 e. The minimum absolute atomic E-state index is 0.0299. The molecule has 0 spiro atoms. The van der Waals surface area contributed by atoms with Crippen molar-refractivity contribution < 1.29 is 9.53 Å². The molecule has 0 aliphatic heterocycles. The fraction of sp³-hybridized carbons (Fsp3) is 0.320. The Kier molecular flexibility index (Phi) is 7.05. The van der Waals surface area contributed by atoms with E-state index in [4.69, 9.17) is 27.9 Å². The van der Waals surface area contributed by atoms with E-state index in [0.29, 0.717) is 21.7 Å². The maximum Gasteiger partial charge on any atom is 0.243 e. The number of benzene rings is 2. The summed E-state index contributed by atoms with van der Waals surface area (Å²) in [4.78, 5) is 20.9. The van der Waals surface area contributed by atoms with Crippen molar-refractivity contribution in [3.63, 3.8) is 0 Å². The number of rotatable bonds is 7. The zero-order valence-corrected chi connectivity index (χ0v) is 20.1. The van der Waals surface area contributed by atoms with Crippen molar-refractivity contribution in [3.8, 4) is 16.9 Å². The van der Waals surface area contributed by atoms with Gasteiger partial charge in [-0.3, -0.25) is 4.79 Å². The molecule has 4 rings (SSSR count). The van der Waals surface area contributed by atoms with E-state index in [0.717, 1.165) is 53.3 Å². The maximum atomic E-state index is 11.7. The molecule has 2 N–H and O–H groups in total. The average Bonchev–Trinajstić information content (AvgIpc) is 3.25. The minimum atomic E-state index is -0.165. The zero-order valence-electron chi connectivity index (χ0n) is 18.6. The fourth-order valence-corrected chi connectivity index (χ4v) is 5.07. The number of nitrogens with one attached hydrogen (secondary N) is 2. The molecule has 6 nitrogen and oxygen atoms in total. The van der Waals surface area contributed by atoms with E-state index in [1.54, 1.807) is 13.3 Å². The van der Waals surface area contributed by atoms with E-state index in [2.05, 4.69) is 27.2 Å². The van der Waals surface area contributed by atoms with E-state index in [1.165, 1.54) is 6.08 Å². The van der Waals surface area contributed by atoms with Crippen LogP contribution in [0.3, 0.4) is 0 Å². The quantitative estimate of drug-likeness (QED) is 0.413. The third kappa shape index (κ3) is 4.77. The van der Waals surface area contributed by atoms with Gasteiger partial charge in [-0.15, -0.1) is 0 Å². The number of aromatic nitrogens is 2. The molecule has 1 saturated carbocycles. The average molecular weight is 485 g/mol. The molecule has 0 saturated heterocycles. The van der Waals surface area contributed by atoms with E-state index >= 15 is 0 Å². The van der Waals surface area contributed by atoms with Gasteiger partial charge in [0.1, 0.15) is 5.75 Å². The lowest BCUT2D eigenvalue weighted by Crippen LogP contribution is -2.42. The summed E-state index contributed by atoms with van der Waals surface area (Å²) in [6, 6.07) is 7.85. The lowest BCUT2D eigenvalue weighted by Gasteiger charge is -2.21. The lowest BCUT2D eigenvalue weighted by molar-refractivity contribution is -0.117. The molecular weight excluding hydrogens is 459 g/mol. The second kappa shape index (κ2) is 9.98. The van der Waals surface area contributed by atoms with Crippen LogP contribution in [0.15, 0.2) is 43.1 Å². The van der Waals surface area contributed by atoms with Gasteiger partial charge in [-0.05, 0) is 61.1 Å². The van der Waals surface area contributed by atoms with E-state index in [9.17, 15) is 4.79 Å². The second-order valence-electron chi connectivity index (χ2n) is 8.06. The van der Waals surface area contributed by atoms with Crippen LogP contribution >= 0.6 is 23.2 Å². The monoisotopic (exact) mass is 484 g/mol. The molecule has 172 valence electrons. The molecule has 1 aliphatic rings. The molecule has 1 aromatic heterocycles. The largest absolute Gasteiger partial charge is 0.495 e. The SMILES string of the molecule is C=CC(=O)N[C@H]1CCC[C@H]1Nc1ncc2cc(-c3c(Cl)c(CC)cc(OC)c3Cl)ccc2n1. The first-order valence-corrected chi connectivity index (χ1v) is 11.7. The van der Waals surface area contributed by atoms with Crippen LogP contribution in [0.4, 0.5) is 5.95 Å². The first-order valence-electron chi connectivity index (χ1n) is 11.0. The predicted octanol–water partition coefficient (Wildman–Crippen LogP) is 5.81. The molecular formula is C25H26Cl2N4O2. The van der Waals surface area contributed by atoms with E-state index in [-0.39, 0.29) is 18.0 Å². The van der Waals surface area contributed by atoms with Crippen LogP contribution in [0.2, 0.25) is 10.0 Å². The van der Waals surface area contributed by atoms with Gasteiger partial charge >= 0.3 is 0 Å².